The predicted molar refractivity (Wildman–Crippen MR) is 125 cm³/mol. The fourth-order valence-corrected chi connectivity index (χ4v) is 7.01. The molecule has 0 unspecified atom stereocenters. The molecule has 2 aliphatic heterocycles. The van der Waals surface area contributed by atoms with Crippen molar-refractivity contribution >= 4 is 44.7 Å². The van der Waals surface area contributed by atoms with E-state index in [-0.39, 0.29) is 38.2 Å². The van der Waals surface area contributed by atoms with Crippen LogP contribution in [0.2, 0.25) is 0 Å². The Morgan fingerprint density at radius 3 is 1.97 bits per heavy atom. The number of hydrogen-bond acceptors (Lipinski definition) is 5. The highest BCUT2D eigenvalue weighted by atomic mass is 32.2. The van der Waals surface area contributed by atoms with Crippen molar-refractivity contribution in [2.45, 2.75) is 19.6 Å². The van der Waals surface area contributed by atoms with E-state index in [1.807, 2.05) is 48.5 Å². The number of anilines is 2. The van der Waals surface area contributed by atoms with Crippen LogP contribution >= 0.6 is 11.8 Å². The number of rotatable bonds is 1. The van der Waals surface area contributed by atoms with Gasteiger partial charge in [-0.15, -0.1) is 0 Å². The van der Waals surface area contributed by atoms with Gasteiger partial charge in [0.15, 0.2) is 5.78 Å². The molecular formula is C26H15NO4S2. The van der Waals surface area contributed by atoms with E-state index in [0.717, 1.165) is 21.2 Å². The minimum atomic E-state index is -3.94. The molecule has 0 radical (unpaired) electrons. The van der Waals surface area contributed by atoms with E-state index in [9.17, 15) is 18.0 Å². The quantitative estimate of drug-likeness (QED) is 0.324. The molecule has 0 saturated heterocycles. The number of para-hydroxylation sites is 2. The minimum absolute atomic E-state index is 0.0304. The number of amides is 1. The lowest BCUT2D eigenvalue weighted by molar-refractivity contribution is 0.0993. The Labute approximate surface area is 194 Å². The topological polar surface area (TPSA) is 71.5 Å². The number of nitrogens with zero attached hydrogens (tertiary/aromatic N) is 1. The summed E-state index contributed by atoms with van der Waals surface area (Å²) in [4.78, 5) is 30.0. The van der Waals surface area contributed by atoms with Gasteiger partial charge in [0.05, 0.1) is 21.2 Å². The Morgan fingerprint density at radius 1 is 0.697 bits per heavy atom. The largest absolute Gasteiger partial charge is 0.289 e. The third-order valence-corrected chi connectivity index (χ3v) is 8.80. The van der Waals surface area contributed by atoms with Gasteiger partial charge in [0, 0.05) is 26.5 Å². The number of sulfone groups is 1. The van der Waals surface area contributed by atoms with Crippen molar-refractivity contribution in [3.05, 3.63) is 108 Å². The average Bonchev–Trinajstić information content (AvgIpc) is 2.85. The molecule has 2 aliphatic rings. The molecule has 2 heterocycles. The molecule has 0 N–H and O–H groups in total. The second-order valence-corrected chi connectivity index (χ2v) is 10.7. The Hall–Kier alpha value is -3.68. The van der Waals surface area contributed by atoms with E-state index in [2.05, 4.69) is 0 Å². The van der Waals surface area contributed by atoms with Crippen LogP contribution in [0.1, 0.15) is 26.3 Å². The van der Waals surface area contributed by atoms with E-state index in [1.54, 1.807) is 28.8 Å². The Morgan fingerprint density at radius 2 is 1.27 bits per heavy atom. The molecule has 0 saturated carbocycles. The summed E-state index contributed by atoms with van der Waals surface area (Å²) in [6, 6.07) is 25.6. The lowest BCUT2D eigenvalue weighted by Gasteiger charge is -2.31. The monoisotopic (exact) mass is 469 g/mol. The molecule has 0 aromatic heterocycles. The third-order valence-electron chi connectivity index (χ3n) is 5.82. The molecule has 0 fully saturated rings. The molecule has 160 valence electrons. The summed E-state index contributed by atoms with van der Waals surface area (Å²) in [5.74, 6) is -0.723. The fraction of sp³-hybridized carbons (Fsp3) is 0. The first-order valence-electron chi connectivity index (χ1n) is 10.2. The second-order valence-electron chi connectivity index (χ2n) is 7.72. The molecule has 0 bridgehead atoms. The number of carbonyl (C=O) groups is 2. The average molecular weight is 470 g/mol. The molecule has 7 heteroatoms. The molecule has 5 nitrogen and oxygen atoms in total. The Balaban J connectivity index is 1.52. The highest BCUT2D eigenvalue weighted by Crippen LogP contribution is 2.48. The van der Waals surface area contributed by atoms with E-state index in [1.165, 1.54) is 30.3 Å². The maximum atomic E-state index is 13.8. The molecule has 0 spiro atoms. The number of carbonyl (C=O) groups excluding carboxylic acids is 2. The van der Waals surface area contributed by atoms with Crippen molar-refractivity contribution in [2.24, 2.45) is 0 Å². The molecule has 0 aliphatic carbocycles. The predicted octanol–water partition coefficient (Wildman–Crippen LogP) is 5.51. The Bertz CT molecular complexity index is 1560. The summed E-state index contributed by atoms with van der Waals surface area (Å²) in [5.41, 5.74) is 1.89. The van der Waals surface area contributed by atoms with Crippen molar-refractivity contribution in [3.63, 3.8) is 0 Å². The van der Waals surface area contributed by atoms with Gasteiger partial charge in [-0.05, 0) is 54.6 Å². The van der Waals surface area contributed by atoms with Gasteiger partial charge in [0.25, 0.3) is 5.91 Å². The van der Waals surface area contributed by atoms with Crippen molar-refractivity contribution in [2.75, 3.05) is 4.90 Å². The molecular weight excluding hydrogens is 454 g/mol. The summed E-state index contributed by atoms with van der Waals surface area (Å²) in [6.07, 6.45) is 0. The van der Waals surface area contributed by atoms with Gasteiger partial charge >= 0.3 is 0 Å². The normalized spacial score (nSPS) is 15.2. The zero-order valence-corrected chi connectivity index (χ0v) is 18.7. The number of fused-ring (bicyclic) bond motifs is 4. The summed E-state index contributed by atoms with van der Waals surface area (Å²) in [6.45, 7) is 0. The van der Waals surface area contributed by atoms with Crippen molar-refractivity contribution in [1.82, 2.24) is 0 Å². The van der Waals surface area contributed by atoms with Gasteiger partial charge in [-0.3, -0.25) is 14.5 Å². The van der Waals surface area contributed by atoms with Gasteiger partial charge in [-0.25, -0.2) is 8.42 Å². The van der Waals surface area contributed by atoms with E-state index < -0.39 is 9.84 Å². The first-order valence-corrected chi connectivity index (χ1v) is 12.5. The minimum Gasteiger partial charge on any atom is -0.289 e. The van der Waals surface area contributed by atoms with Gasteiger partial charge in [-0.1, -0.05) is 48.2 Å². The van der Waals surface area contributed by atoms with Crippen molar-refractivity contribution in [1.29, 1.82) is 0 Å². The van der Waals surface area contributed by atoms with Crippen LogP contribution in [0.25, 0.3) is 0 Å². The highest BCUT2D eigenvalue weighted by Gasteiger charge is 2.36. The smallest absolute Gasteiger partial charge is 0.262 e. The SMILES string of the molecule is O=C1c2ccccc2S(=O)(=O)c2cc(C(=O)N3c4ccccc4Sc4ccccc43)ccc21. The zero-order chi connectivity index (χ0) is 22.7. The summed E-state index contributed by atoms with van der Waals surface area (Å²) < 4.78 is 26.6. The van der Waals surface area contributed by atoms with Crippen LogP contribution in [0.4, 0.5) is 11.4 Å². The van der Waals surface area contributed by atoms with E-state index in [0.29, 0.717) is 0 Å². The second kappa shape index (κ2) is 7.16. The lowest BCUT2D eigenvalue weighted by Crippen LogP contribution is -2.29. The summed E-state index contributed by atoms with van der Waals surface area (Å²) >= 11 is 1.58. The lowest BCUT2D eigenvalue weighted by atomic mass is 10.0. The molecule has 33 heavy (non-hydrogen) atoms. The summed E-state index contributed by atoms with van der Waals surface area (Å²) in [7, 11) is -3.94. The van der Waals surface area contributed by atoms with Gasteiger partial charge in [0.1, 0.15) is 0 Å². The van der Waals surface area contributed by atoms with Gasteiger partial charge < -0.3 is 0 Å². The van der Waals surface area contributed by atoms with Crippen LogP contribution in [0.3, 0.4) is 0 Å². The molecule has 1 amide bonds. The molecule has 4 aromatic carbocycles. The fourth-order valence-electron chi connectivity index (χ4n) is 4.27. The van der Waals surface area contributed by atoms with Crippen molar-refractivity contribution < 1.29 is 18.0 Å². The van der Waals surface area contributed by atoms with Crippen LogP contribution in [-0.2, 0) is 9.84 Å². The number of benzene rings is 4. The summed E-state index contributed by atoms with van der Waals surface area (Å²) in [5, 5.41) is 0. The van der Waals surface area contributed by atoms with Gasteiger partial charge in [0.2, 0.25) is 9.84 Å². The van der Waals surface area contributed by atoms with Crippen LogP contribution < -0.4 is 4.90 Å². The maximum absolute atomic E-state index is 13.8. The molecule has 4 aromatic rings. The highest BCUT2D eigenvalue weighted by molar-refractivity contribution is 7.99. The standard InChI is InChI=1S/C26H15NO4S2/c28-25-17-7-1-6-12-23(17)33(30,31)24-15-16(13-14-18(24)25)26(29)27-19-8-2-4-10-21(19)32-22-11-5-3-9-20(22)27/h1-15H. The number of hydrogen-bond donors (Lipinski definition) is 0. The van der Waals surface area contributed by atoms with Crippen LogP contribution in [0.5, 0.6) is 0 Å². The third kappa shape index (κ3) is 2.90. The maximum Gasteiger partial charge on any atom is 0.262 e. The first kappa shape index (κ1) is 20.0. The van der Waals surface area contributed by atoms with Crippen LogP contribution in [0.15, 0.2) is 111 Å². The molecule has 0 atom stereocenters. The molecule has 6 rings (SSSR count). The number of ketones is 1. The van der Waals surface area contributed by atoms with Crippen LogP contribution in [-0.4, -0.2) is 20.1 Å². The zero-order valence-electron chi connectivity index (χ0n) is 17.1. The van der Waals surface area contributed by atoms with E-state index in [4.69, 9.17) is 0 Å². The van der Waals surface area contributed by atoms with Crippen LogP contribution in [0, 0.1) is 0 Å². The Kier molecular flexibility index (Phi) is 4.33. The van der Waals surface area contributed by atoms with E-state index >= 15 is 0 Å². The van der Waals surface area contributed by atoms with Crippen molar-refractivity contribution in [3.8, 4) is 0 Å². The first-order chi connectivity index (χ1) is 16.0. The van der Waals surface area contributed by atoms with Gasteiger partial charge in [-0.2, -0.15) is 0 Å².